The van der Waals surface area contributed by atoms with Crippen LogP contribution in [0.1, 0.15) is 29.9 Å². The lowest BCUT2D eigenvalue weighted by Crippen LogP contribution is -2.25. The Hall–Kier alpha value is -2.52. The second-order valence-corrected chi connectivity index (χ2v) is 7.74. The van der Waals surface area contributed by atoms with Crippen molar-refractivity contribution in [3.05, 3.63) is 58.0 Å². The smallest absolute Gasteiger partial charge is 0.282 e. The Morgan fingerprint density at radius 3 is 2.65 bits per heavy atom. The van der Waals surface area contributed by atoms with Gasteiger partial charge < -0.3 is 0 Å². The van der Waals surface area contributed by atoms with Crippen molar-refractivity contribution >= 4 is 34.1 Å². The summed E-state index contributed by atoms with van der Waals surface area (Å²) in [7, 11) is 0. The van der Waals surface area contributed by atoms with E-state index in [9.17, 15) is 9.59 Å². The lowest BCUT2D eigenvalue weighted by atomic mass is 10.1. The normalized spacial score (nSPS) is 10.7. The lowest BCUT2D eigenvalue weighted by molar-refractivity contribution is 0.101. The highest BCUT2D eigenvalue weighted by molar-refractivity contribution is 8.01. The third-order valence-corrected chi connectivity index (χ3v) is 5.38. The number of aromatic nitrogens is 4. The van der Waals surface area contributed by atoms with E-state index in [-0.39, 0.29) is 5.69 Å². The van der Waals surface area contributed by atoms with Crippen LogP contribution in [0.2, 0.25) is 0 Å². The quantitative estimate of drug-likeness (QED) is 0.517. The lowest BCUT2D eigenvalue weighted by Gasteiger charge is -2.07. The van der Waals surface area contributed by atoms with Crippen LogP contribution in [0.4, 0.5) is 5.13 Å². The molecule has 0 atom stereocenters. The average Bonchev–Trinajstić information content (AvgIpc) is 3.09. The molecule has 0 aliphatic rings. The van der Waals surface area contributed by atoms with E-state index in [2.05, 4.69) is 27.5 Å². The first-order valence-electron chi connectivity index (χ1n) is 8.07. The average molecular weight is 387 g/mol. The van der Waals surface area contributed by atoms with Crippen molar-refractivity contribution in [2.24, 2.45) is 0 Å². The van der Waals surface area contributed by atoms with Gasteiger partial charge in [0.2, 0.25) is 10.6 Å². The highest BCUT2D eigenvalue weighted by atomic mass is 32.2. The molecule has 9 heteroatoms. The summed E-state index contributed by atoms with van der Waals surface area (Å²) in [5, 5.41) is 15.0. The predicted octanol–water partition coefficient (Wildman–Crippen LogP) is 3.01. The summed E-state index contributed by atoms with van der Waals surface area (Å²) in [6.07, 6.45) is 2.48. The summed E-state index contributed by atoms with van der Waals surface area (Å²) in [5.41, 5.74) is 1.34. The molecule has 2 aromatic heterocycles. The second kappa shape index (κ2) is 8.24. The van der Waals surface area contributed by atoms with Gasteiger partial charge in [-0.05, 0) is 29.9 Å². The summed E-state index contributed by atoms with van der Waals surface area (Å²) in [5.74, 6) is 0.267. The molecule has 0 aliphatic heterocycles. The van der Waals surface area contributed by atoms with Crippen LogP contribution in [0, 0.1) is 0 Å². The van der Waals surface area contributed by atoms with Gasteiger partial charge in [-0.25, -0.2) is 4.68 Å². The van der Waals surface area contributed by atoms with Gasteiger partial charge in [-0.3, -0.25) is 14.9 Å². The molecule has 134 valence electrons. The van der Waals surface area contributed by atoms with Crippen LogP contribution < -0.4 is 10.7 Å². The number of hydrogen-bond donors (Lipinski definition) is 1. The van der Waals surface area contributed by atoms with E-state index < -0.39 is 11.3 Å². The molecule has 0 radical (unpaired) electrons. The largest absolute Gasteiger partial charge is 0.295 e. The number of amides is 1. The van der Waals surface area contributed by atoms with Gasteiger partial charge in [-0.15, -0.1) is 10.2 Å². The molecule has 2 heterocycles. The first-order chi connectivity index (χ1) is 12.6. The van der Waals surface area contributed by atoms with Crippen LogP contribution in [0.25, 0.3) is 5.69 Å². The van der Waals surface area contributed by atoms with Gasteiger partial charge in [-0.2, -0.15) is 5.10 Å². The van der Waals surface area contributed by atoms with Crippen LogP contribution in [0.5, 0.6) is 0 Å². The molecule has 1 aromatic carbocycles. The minimum absolute atomic E-state index is 0.188. The fourth-order valence-corrected chi connectivity index (χ4v) is 3.84. The number of benzene rings is 1. The van der Waals surface area contributed by atoms with Crippen LogP contribution in [-0.2, 0) is 6.42 Å². The van der Waals surface area contributed by atoms with E-state index in [0.717, 1.165) is 22.2 Å². The van der Waals surface area contributed by atoms with Crippen LogP contribution in [0.3, 0.4) is 0 Å². The van der Waals surface area contributed by atoms with E-state index >= 15 is 0 Å². The maximum atomic E-state index is 12.4. The van der Waals surface area contributed by atoms with Crippen molar-refractivity contribution in [2.45, 2.75) is 24.6 Å². The third kappa shape index (κ3) is 4.17. The monoisotopic (exact) mass is 387 g/mol. The van der Waals surface area contributed by atoms with Gasteiger partial charge in [-0.1, -0.05) is 49.1 Å². The first kappa shape index (κ1) is 18.3. The molecule has 0 unspecified atom stereocenters. The van der Waals surface area contributed by atoms with E-state index in [4.69, 9.17) is 0 Å². The first-order valence-corrected chi connectivity index (χ1v) is 9.88. The Morgan fingerprint density at radius 1 is 1.19 bits per heavy atom. The van der Waals surface area contributed by atoms with Crippen molar-refractivity contribution in [3.63, 3.8) is 0 Å². The summed E-state index contributed by atoms with van der Waals surface area (Å²) in [6.45, 7) is 4.08. The molecule has 26 heavy (non-hydrogen) atoms. The highest BCUT2D eigenvalue weighted by Crippen LogP contribution is 2.25. The minimum atomic E-state index is -0.598. The van der Waals surface area contributed by atoms with Crippen LogP contribution >= 0.6 is 23.1 Å². The zero-order chi connectivity index (χ0) is 18.5. The maximum Gasteiger partial charge on any atom is 0.282 e. The fraction of sp³-hybridized carbons (Fsp3) is 0.235. The number of rotatable bonds is 6. The minimum Gasteiger partial charge on any atom is -0.295 e. The van der Waals surface area contributed by atoms with Crippen molar-refractivity contribution in [3.8, 4) is 5.69 Å². The van der Waals surface area contributed by atoms with Crippen molar-refractivity contribution in [1.82, 2.24) is 20.0 Å². The van der Waals surface area contributed by atoms with Gasteiger partial charge >= 0.3 is 0 Å². The van der Waals surface area contributed by atoms with E-state index in [0.29, 0.717) is 5.13 Å². The Morgan fingerprint density at radius 2 is 1.96 bits per heavy atom. The number of anilines is 1. The second-order valence-electron chi connectivity index (χ2n) is 5.25. The third-order valence-electron chi connectivity index (χ3n) is 3.53. The zero-order valence-corrected chi connectivity index (χ0v) is 15.9. The summed E-state index contributed by atoms with van der Waals surface area (Å²) < 4.78 is 2.27. The van der Waals surface area contributed by atoms with E-state index in [1.807, 2.05) is 31.2 Å². The number of carbonyl (C=O) groups is 1. The zero-order valence-electron chi connectivity index (χ0n) is 14.3. The molecule has 3 aromatic rings. The molecule has 0 saturated heterocycles. The van der Waals surface area contributed by atoms with Crippen molar-refractivity contribution in [1.29, 1.82) is 0 Å². The van der Waals surface area contributed by atoms with Crippen molar-refractivity contribution < 1.29 is 4.79 Å². The van der Waals surface area contributed by atoms with E-state index in [1.165, 1.54) is 39.4 Å². The number of nitrogens with one attached hydrogen (secondary N) is 1. The number of nitrogens with zero attached hydrogens (tertiary/aromatic N) is 4. The summed E-state index contributed by atoms with van der Waals surface area (Å²) in [4.78, 5) is 24.5. The Labute approximate surface area is 158 Å². The molecule has 0 aliphatic carbocycles. The molecule has 7 nitrogen and oxygen atoms in total. The Balaban J connectivity index is 1.84. The number of aryl methyl sites for hydroxylation is 1. The SMILES string of the molecule is CCSc1nnc(NC(=O)c2nn(-c3ccc(CC)cc3)ccc2=O)s1. The predicted molar refractivity (Wildman–Crippen MR) is 103 cm³/mol. The molecular weight excluding hydrogens is 370 g/mol. The van der Waals surface area contributed by atoms with Crippen LogP contribution in [-0.4, -0.2) is 31.6 Å². The molecule has 1 N–H and O–H groups in total. The molecular formula is C17H17N5O2S2. The summed E-state index contributed by atoms with van der Waals surface area (Å²) >= 11 is 2.80. The molecule has 0 bridgehead atoms. The molecule has 3 rings (SSSR count). The maximum absolute atomic E-state index is 12.4. The van der Waals surface area contributed by atoms with Gasteiger partial charge in [0.1, 0.15) is 0 Å². The number of hydrogen-bond acceptors (Lipinski definition) is 7. The molecule has 1 amide bonds. The molecule has 0 fully saturated rings. The highest BCUT2D eigenvalue weighted by Gasteiger charge is 2.16. The topological polar surface area (TPSA) is 89.8 Å². The van der Waals surface area contributed by atoms with Gasteiger partial charge in [0.25, 0.3) is 5.91 Å². The van der Waals surface area contributed by atoms with Gasteiger partial charge in [0, 0.05) is 12.3 Å². The van der Waals surface area contributed by atoms with E-state index in [1.54, 1.807) is 6.20 Å². The number of thioether (sulfide) groups is 1. The molecule has 0 spiro atoms. The van der Waals surface area contributed by atoms with Gasteiger partial charge in [0.15, 0.2) is 10.0 Å². The Bertz CT molecular complexity index is 966. The van der Waals surface area contributed by atoms with Crippen LogP contribution in [0.15, 0.2) is 45.7 Å². The van der Waals surface area contributed by atoms with Gasteiger partial charge in [0.05, 0.1) is 5.69 Å². The fourth-order valence-electron chi connectivity index (χ4n) is 2.19. The Kier molecular flexibility index (Phi) is 5.79. The number of carbonyl (C=O) groups excluding carboxylic acids is 1. The van der Waals surface area contributed by atoms with Crippen molar-refractivity contribution in [2.75, 3.05) is 11.1 Å². The summed E-state index contributed by atoms with van der Waals surface area (Å²) in [6, 6.07) is 9.11. The standard InChI is InChI=1S/C17H17N5O2S2/c1-3-11-5-7-12(8-6-11)22-10-9-13(23)14(21-22)15(24)18-16-19-20-17(26-16)25-4-2/h5-10H,3-4H2,1-2H3,(H,18,19,24). The molecule has 0 saturated carbocycles.